The molecule has 0 spiro atoms. The molecule has 5 aromatic rings. The van der Waals surface area contributed by atoms with Gasteiger partial charge in [0.1, 0.15) is 11.2 Å². The minimum absolute atomic E-state index is 0.752. The summed E-state index contributed by atoms with van der Waals surface area (Å²) >= 11 is 0. The van der Waals surface area contributed by atoms with Crippen molar-refractivity contribution in [1.29, 1.82) is 0 Å². The van der Waals surface area contributed by atoms with Crippen molar-refractivity contribution < 1.29 is 0 Å². The first-order valence-corrected chi connectivity index (χ1v) is 13.1. The molecule has 0 amide bonds. The maximum atomic E-state index is 5.00. The van der Waals surface area contributed by atoms with E-state index in [1.54, 1.807) is 0 Å². The summed E-state index contributed by atoms with van der Waals surface area (Å²) in [5.74, 6) is 1.69. The van der Waals surface area contributed by atoms with Crippen LogP contribution in [0.5, 0.6) is 0 Å². The number of pyridine rings is 2. The van der Waals surface area contributed by atoms with Crippen LogP contribution in [0.3, 0.4) is 0 Å². The largest absolute Gasteiger partial charge is 0.352 e. The number of likely N-dealkylation sites (N-methyl/N-ethyl adjacent to an activating group) is 1. The number of nitrogens with one attached hydrogen (secondary N) is 2. The van der Waals surface area contributed by atoms with E-state index >= 15 is 0 Å². The highest BCUT2D eigenvalue weighted by atomic mass is 15.3. The van der Waals surface area contributed by atoms with Crippen molar-refractivity contribution in [3.63, 3.8) is 0 Å². The molecule has 6 heterocycles. The summed E-state index contributed by atoms with van der Waals surface area (Å²) in [5, 5.41) is 8.88. The van der Waals surface area contributed by atoms with Gasteiger partial charge in [-0.2, -0.15) is 5.10 Å². The lowest BCUT2D eigenvalue weighted by molar-refractivity contribution is 0.312. The highest BCUT2D eigenvalue weighted by Gasteiger charge is 2.21. The average Bonchev–Trinajstić information content (AvgIpc) is 3.68. The lowest BCUT2D eigenvalue weighted by atomic mass is 10.0. The SMILES string of the molecule is CN1CCN(c2nccc3[nH]c(-c4n[nH]c5ccc(-c6cncc(CN7CCCC7)c6)cc45)nc23)CC1. The number of H-pyrrole nitrogens is 2. The maximum Gasteiger partial charge on any atom is 0.159 e. The van der Waals surface area contributed by atoms with Crippen LogP contribution < -0.4 is 4.90 Å². The van der Waals surface area contributed by atoms with Crippen LogP contribution >= 0.6 is 0 Å². The summed E-state index contributed by atoms with van der Waals surface area (Å²) in [4.78, 5) is 24.9. The number of anilines is 1. The molecule has 0 saturated carbocycles. The van der Waals surface area contributed by atoms with Crippen molar-refractivity contribution in [2.24, 2.45) is 0 Å². The van der Waals surface area contributed by atoms with Crippen LogP contribution in [0.15, 0.2) is 48.9 Å². The number of aromatic nitrogens is 6. The number of hydrogen-bond donors (Lipinski definition) is 2. The Morgan fingerprint density at radius 2 is 1.76 bits per heavy atom. The van der Waals surface area contributed by atoms with E-state index in [2.05, 4.69) is 66.2 Å². The fraction of sp³-hybridized carbons (Fsp3) is 0.357. The van der Waals surface area contributed by atoms with Gasteiger partial charge in [-0.05, 0) is 68.4 Å². The van der Waals surface area contributed by atoms with Crippen LogP contribution in [0.2, 0.25) is 0 Å². The van der Waals surface area contributed by atoms with Crippen LogP contribution in [0.25, 0.3) is 44.6 Å². The van der Waals surface area contributed by atoms with Gasteiger partial charge in [0, 0.05) is 62.3 Å². The number of piperazine rings is 1. The molecule has 2 N–H and O–H groups in total. The van der Waals surface area contributed by atoms with Gasteiger partial charge in [0.05, 0.1) is 11.0 Å². The third-order valence-corrected chi connectivity index (χ3v) is 7.70. The van der Waals surface area contributed by atoms with E-state index in [0.717, 1.165) is 83.1 Å². The molecule has 7 rings (SSSR count). The number of imidazole rings is 1. The van der Waals surface area contributed by atoms with Crippen molar-refractivity contribution in [1.82, 2.24) is 39.9 Å². The zero-order valence-corrected chi connectivity index (χ0v) is 21.1. The Kier molecular flexibility index (Phi) is 5.59. The van der Waals surface area contributed by atoms with Crippen molar-refractivity contribution in [3.8, 4) is 22.6 Å². The fourth-order valence-electron chi connectivity index (χ4n) is 5.59. The minimum Gasteiger partial charge on any atom is -0.352 e. The van der Waals surface area contributed by atoms with E-state index in [0.29, 0.717) is 0 Å². The van der Waals surface area contributed by atoms with E-state index in [4.69, 9.17) is 9.97 Å². The molecule has 0 aliphatic carbocycles. The summed E-state index contributed by atoms with van der Waals surface area (Å²) in [6.45, 7) is 7.26. The fourth-order valence-corrected chi connectivity index (χ4v) is 5.59. The van der Waals surface area contributed by atoms with Crippen LogP contribution in [-0.2, 0) is 6.54 Å². The van der Waals surface area contributed by atoms with E-state index in [9.17, 15) is 0 Å². The van der Waals surface area contributed by atoms with Gasteiger partial charge in [-0.25, -0.2) is 9.97 Å². The lowest BCUT2D eigenvalue weighted by Gasteiger charge is -2.33. The molecule has 9 nitrogen and oxygen atoms in total. The second-order valence-electron chi connectivity index (χ2n) is 10.3. The molecule has 2 saturated heterocycles. The van der Waals surface area contributed by atoms with Gasteiger partial charge in [-0.3, -0.25) is 15.0 Å². The Morgan fingerprint density at radius 3 is 2.62 bits per heavy atom. The van der Waals surface area contributed by atoms with Crippen molar-refractivity contribution in [3.05, 3.63) is 54.5 Å². The monoisotopic (exact) mass is 493 g/mol. The lowest BCUT2D eigenvalue weighted by Crippen LogP contribution is -2.44. The molecular weight excluding hydrogens is 462 g/mol. The third kappa shape index (κ3) is 4.24. The summed E-state index contributed by atoms with van der Waals surface area (Å²) in [7, 11) is 2.16. The molecule has 2 aliphatic heterocycles. The Hall–Kier alpha value is -3.82. The van der Waals surface area contributed by atoms with Crippen molar-refractivity contribution in [2.75, 3.05) is 51.2 Å². The van der Waals surface area contributed by atoms with Gasteiger partial charge in [0.15, 0.2) is 11.6 Å². The molecular formula is C28H31N9. The Bertz CT molecular complexity index is 1550. The van der Waals surface area contributed by atoms with Crippen LogP contribution in [-0.4, -0.2) is 86.2 Å². The molecule has 2 aliphatic rings. The normalized spacial score (nSPS) is 17.4. The van der Waals surface area contributed by atoms with E-state index < -0.39 is 0 Å². The van der Waals surface area contributed by atoms with Crippen LogP contribution in [0.1, 0.15) is 18.4 Å². The minimum atomic E-state index is 0.752. The average molecular weight is 494 g/mol. The first-order valence-electron chi connectivity index (χ1n) is 13.1. The van der Waals surface area contributed by atoms with Crippen LogP contribution in [0, 0.1) is 0 Å². The molecule has 188 valence electrons. The van der Waals surface area contributed by atoms with Gasteiger partial charge >= 0.3 is 0 Å². The molecule has 0 unspecified atom stereocenters. The van der Waals surface area contributed by atoms with E-state index in [1.165, 1.54) is 31.5 Å². The number of aromatic amines is 2. The second-order valence-corrected chi connectivity index (χ2v) is 10.3. The first kappa shape index (κ1) is 22.4. The molecule has 9 heteroatoms. The third-order valence-electron chi connectivity index (χ3n) is 7.70. The predicted molar refractivity (Wildman–Crippen MR) is 146 cm³/mol. The number of hydrogen-bond acceptors (Lipinski definition) is 7. The number of rotatable bonds is 5. The molecule has 0 atom stereocenters. The summed E-state index contributed by atoms with van der Waals surface area (Å²) in [5.41, 5.74) is 7.18. The molecule has 4 aromatic heterocycles. The zero-order chi connectivity index (χ0) is 24.8. The van der Waals surface area contributed by atoms with Gasteiger partial charge in [-0.1, -0.05) is 6.07 Å². The molecule has 0 radical (unpaired) electrons. The highest BCUT2D eigenvalue weighted by Crippen LogP contribution is 2.32. The van der Waals surface area contributed by atoms with Gasteiger partial charge in [0.25, 0.3) is 0 Å². The van der Waals surface area contributed by atoms with Gasteiger partial charge < -0.3 is 14.8 Å². The van der Waals surface area contributed by atoms with Gasteiger partial charge in [0.2, 0.25) is 0 Å². The van der Waals surface area contributed by atoms with Crippen molar-refractivity contribution in [2.45, 2.75) is 19.4 Å². The Morgan fingerprint density at radius 1 is 0.892 bits per heavy atom. The number of benzene rings is 1. The number of nitrogens with zero attached hydrogens (tertiary/aromatic N) is 7. The summed E-state index contributed by atoms with van der Waals surface area (Å²) in [6.07, 6.45) is 8.39. The van der Waals surface area contributed by atoms with Crippen LogP contribution in [0.4, 0.5) is 5.82 Å². The number of fused-ring (bicyclic) bond motifs is 2. The zero-order valence-electron chi connectivity index (χ0n) is 21.1. The summed E-state index contributed by atoms with van der Waals surface area (Å²) in [6, 6.07) is 10.7. The summed E-state index contributed by atoms with van der Waals surface area (Å²) < 4.78 is 0. The molecule has 1 aromatic carbocycles. The Labute approximate surface area is 215 Å². The first-order chi connectivity index (χ1) is 18.2. The van der Waals surface area contributed by atoms with Crippen molar-refractivity contribution >= 4 is 27.8 Å². The molecule has 37 heavy (non-hydrogen) atoms. The molecule has 2 fully saturated rings. The predicted octanol–water partition coefficient (Wildman–Crippen LogP) is 3.91. The quantitative estimate of drug-likeness (QED) is 0.383. The smallest absolute Gasteiger partial charge is 0.159 e. The maximum absolute atomic E-state index is 5.00. The second kappa shape index (κ2) is 9.24. The van der Waals surface area contributed by atoms with E-state index in [-0.39, 0.29) is 0 Å². The highest BCUT2D eigenvalue weighted by molar-refractivity contribution is 5.97. The van der Waals surface area contributed by atoms with E-state index in [1.807, 2.05) is 24.7 Å². The standard InChI is InChI=1S/C28H31N9/c1-35-10-12-37(13-11-35)28-26-24(6-7-30-28)31-27(32-26)25-22-15-20(4-5-23(22)33-34-25)21-14-19(16-29-17-21)18-36-8-2-3-9-36/h4-7,14-17H,2-3,8-13,18H2,1H3,(H,31,32)(H,33,34). The molecule has 0 bridgehead atoms. The van der Waals surface area contributed by atoms with Gasteiger partial charge in [-0.15, -0.1) is 0 Å². The Balaban J connectivity index is 1.24. The topological polar surface area (TPSA) is 92.9 Å². The number of likely N-dealkylation sites (tertiary alicyclic amines) is 1.